The Hall–Kier alpha value is -1.53. The second-order valence-electron chi connectivity index (χ2n) is 4.64. The van der Waals surface area contributed by atoms with Gasteiger partial charge in [-0.2, -0.15) is 5.10 Å². The minimum atomic E-state index is -0.598. The van der Waals surface area contributed by atoms with Gasteiger partial charge in [-0.05, 0) is 41.1 Å². The highest BCUT2D eigenvalue weighted by Gasteiger charge is 2.20. The van der Waals surface area contributed by atoms with Crippen LogP contribution in [0, 0.1) is 0 Å². The molecule has 0 aliphatic heterocycles. The number of hydrogen-bond acceptors (Lipinski definition) is 3. The molecule has 0 radical (unpaired) electrons. The zero-order valence-corrected chi connectivity index (χ0v) is 14.0. The minimum absolute atomic E-state index is 0.113. The average Bonchev–Trinajstić information content (AvgIpc) is 2.93. The summed E-state index contributed by atoms with van der Waals surface area (Å²) in [5, 5.41) is 7.17. The van der Waals surface area contributed by atoms with E-state index in [0.29, 0.717) is 21.8 Å². The Morgan fingerprint density at radius 1 is 1.57 bits per heavy atom. The summed E-state index contributed by atoms with van der Waals surface area (Å²) in [5.41, 5.74) is 0.936. The van der Waals surface area contributed by atoms with Gasteiger partial charge < -0.3 is 9.64 Å². The van der Waals surface area contributed by atoms with Crippen LogP contribution in [0.2, 0.25) is 5.02 Å². The number of hydrogen-bond donors (Lipinski definition) is 1. The molecule has 2 aromatic rings. The minimum Gasteiger partial charge on any atom is -0.480 e. The summed E-state index contributed by atoms with van der Waals surface area (Å²) in [4.78, 5) is 13.9. The largest absolute Gasteiger partial charge is 0.480 e. The second kappa shape index (κ2) is 6.95. The Bertz CT molecular complexity index is 619. The number of H-pyrrole nitrogens is 1. The highest BCUT2D eigenvalue weighted by Crippen LogP contribution is 2.28. The van der Waals surface area contributed by atoms with Crippen molar-refractivity contribution < 1.29 is 9.53 Å². The van der Waals surface area contributed by atoms with Gasteiger partial charge >= 0.3 is 0 Å². The molecule has 2 rings (SSSR count). The fourth-order valence-electron chi connectivity index (χ4n) is 1.84. The molecule has 7 heteroatoms. The molecule has 1 N–H and O–H groups in total. The van der Waals surface area contributed by atoms with E-state index in [4.69, 9.17) is 16.3 Å². The van der Waals surface area contributed by atoms with Gasteiger partial charge in [0.15, 0.2) is 6.10 Å². The van der Waals surface area contributed by atoms with E-state index in [9.17, 15) is 4.79 Å². The molecule has 5 nitrogen and oxygen atoms in total. The molecule has 0 saturated heterocycles. The smallest absolute Gasteiger partial charge is 0.263 e. The lowest BCUT2D eigenvalue weighted by Gasteiger charge is -2.22. The first-order chi connectivity index (χ1) is 9.97. The van der Waals surface area contributed by atoms with Gasteiger partial charge in [-0.15, -0.1) is 0 Å². The number of likely N-dealkylation sites (N-methyl/N-ethyl adjacent to an activating group) is 1. The van der Waals surface area contributed by atoms with E-state index in [1.807, 2.05) is 0 Å². The monoisotopic (exact) mass is 371 g/mol. The van der Waals surface area contributed by atoms with Crippen LogP contribution >= 0.6 is 27.5 Å². The third-order valence-electron chi connectivity index (χ3n) is 2.90. The number of rotatable bonds is 5. The van der Waals surface area contributed by atoms with Crippen molar-refractivity contribution in [3.8, 4) is 5.75 Å². The van der Waals surface area contributed by atoms with Crippen LogP contribution in [0.3, 0.4) is 0 Å². The van der Waals surface area contributed by atoms with Crippen LogP contribution in [0.25, 0.3) is 0 Å². The number of carbonyl (C=O) groups is 1. The number of aromatic nitrogens is 2. The molecule has 1 aromatic heterocycles. The van der Waals surface area contributed by atoms with Crippen LogP contribution in [-0.4, -0.2) is 34.2 Å². The lowest BCUT2D eigenvalue weighted by molar-refractivity contribution is -0.137. The molecule has 1 unspecified atom stereocenters. The van der Waals surface area contributed by atoms with Crippen LogP contribution in [0.1, 0.15) is 12.5 Å². The number of amides is 1. The fourth-order valence-corrected chi connectivity index (χ4v) is 2.61. The van der Waals surface area contributed by atoms with Gasteiger partial charge in [-0.1, -0.05) is 11.6 Å². The molecule has 0 saturated carbocycles. The summed E-state index contributed by atoms with van der Waals surface area (Å²) >= 11 is 9.24. The van der Waals surface area contributed by atoms with E-state index in [1.54, 1.807) is 49.5 Å². The number of aromatic amines is 1. The number of nitrogens with zero attached hydrogens (tertiary/aromatic N) is 2. The summed E-state index contributed by atoms with van der Waals surface area (Å²) < 4.78 is 6.40. The lowest BCUT2D eigenvalue weighted by atomic mass is 10.3. The van der Waals surface area contributed by atoms with Crippen molar-refractivity contribution in [1.29, 1.82) is 0 Å². The third kappa shape index (κ3) is 4.22. The van der Waals surface area contributed by atoms with Crippen LogP contribution in [0.5, 0.6) is 5.75 Å². The maximum atomic E-state index is 12.3. The van der Waals surface area contributed by atoms with Crippen molar-refractivity contribution in [3.63, 3.8) is 0 Å². The van der Waals surface area contributed by atoms with Crippen molar-refractivity contribution in [2.45, 2.75) is 19.6 Å². The van der Waals surface area contributed by atoms with E-state index in [0.717, 1.165) is 5.56 Å². The van der Waals surface area contributed by atoms with E-state index < -0.39 is 6.10 Å². The first-order valence-electron chi connectivity index (χ1n) is 6.31. The Morgan fingerprint density at radius 3 is 2.95 bits per heavy atom. The zero-order chi connectivity index (χ0) is 15.4. The number of nitrogens with one attached hydrogen (secondary N) is 1. The Balaban J connectivity index is 1.98. The van der Waals surface area contributed by atoms with E-state index in [-0.39, 0.29) is 5.91 Å². The zero-order valence-electron chi connectivity index (χ0n) is 11.6. The van der Waals surface area contributed by atoms with Gasteiger partial charge in [0.1, 0.15) is 5.75 Å². The quantitative estimate of drug-likeness (QED) is 0.876. The standard InChI is InChI=1S/C14H15BrClN3O2/c1-9(21-13-4-3-11(16)5-12(13)15)14(20)19(2)8-10-6-17-18-7-10/h3-7,9H,8H2,1-2H3,(H,17,18). The van der Waals surface area contributed by atoms with Crippen molar-refractivity contribution in [1.82, 2.24) is 15.1 Å². The molecule has 1 heterocycles. The Labute approximate surface area is 136 Å². The topological polar surface area (TPSA) is 58.2 Å². The first-order valence-corrected chi connectivity index (χ1v) is 7.49. The predicted octanol–water partition coefficient (Wildman–Crippen LogP) is 3.25. The summed E-state index contributed by atoms with van der Waals surface area (Å²) in [5.74, 6) is 0.468. The average molecular weight is 373 g/mol. The Morgan fingerprint density at radius 2 is 2.33 bits per heavy atom. The summed E-state index contributed by atoms with van der Waals surface area (Å²) in [7, 11) is 1.73. The van der Waals surface area contributed by atoms with Crippen LogP contribution in [0.4, 0.5) is 0 Å². The summed E-state index contributed by atoms with van der Waals surface area (Å²) in [6, 6.07) is 5.17. The Kier molecular flexibility index (Phi) is 5.25. The van der Waals surface area contributed by atoms with Crippen molar-refractivity contribution in [2.75, 3.05) is 7.05 Å². The van der Waals surface area contributed by atoms with Crippen molar-refractivity contribution in [3.05, 3.63) is 45.7 Å². The van der Waals surface area contributed by atoms with Crippen LogP contribution < -0.4 is 4.74 Å². The van der Waals surface area contributed by atoms with Crippen LogP contribution in [0.15, 0.2) is 35.1 Å². The summed E-state index contributed by atoms with van der Waals surface area (Å²) in [6.07, 6.45) is 2.84. The van der Waals surface area contributed by atoms with Gasteiger partial charge in [0.05, 0.1) is 10.7 Å². The van der Waals surface area contributed by atoms with E-state index in [2.05, 4.69) is 26.1 Å². The van der Waals surface area contributed by atoms with Crippen LogP contribution in [-0.2, 0) is 11.3 Å². The van der Waals surface area contributed by atoms with E-state index >= 15 is 0 Å². The number of carbonyl (C=O) groups excluding carboxylic acids is 1. The van der Waals surface area contributed by atoms with Gasteiger partial charge in [-0.25, -0.2) is 0 Å². The number of ether oxygens (including phenoxy) is 1. The molecule has 0 spiro atoms. The van der Waals surface area contributed by atoms with E-state index in [1.165, 1.54) is 0 Å². The molecule has 0 bridgehead atoms. The SMILES string of the molecule is CC(Oc1ccc(Cl)cc1Br)C(=O)N(C)Cc1cn[nH]c1. The molecule has 1 amide bonds. The molecule has 1 atom stereocenters. The predicted molar refractivity (Wildman–Crippen MR) is 84.3 cm³/mol. The normalized spacial score (nSPS) is 12.0. The maximum absolute atomic E-state index is 12.3. The number of halogens is 2. The van der Waals surface area contributed by atoms with Gasteiger partial charge in [-0.3, -0.25) is 9.89 Å². The second-order valence-corrected chi connectivity index (χ2v) is 5.93. The molecule has 112 valence electrons. The molecule has 0 aliphatic rings. The molecule has 0 fully saturated rings. The molecule has 21 heavy (non-hydrogen) atoms. The van der Waals surface area contributed by atoms with Gasteiger partial charge in [0.25, 0.3) is 5.91 Å². The fraction of sp³-hybridized carbons (Fsp3) is 0.286. The van der Waals surface area contributed by atoms with Gasteiger partial charge in [0, 0.05) is 30.4 Å². The molecular formula is C14H15BrClN3O2. The molecular weight excluding hydrogens is 358 g/mol. The number of benzene rings is 1. The third-order valence-corrected chi connectivity index (χ3v) is 3.75. The van der Waals surface area contributed by atoms with Crippen molar-refractivity contribution >= 4 is 33.4 Å². The molecule has 1 aromatic carbocycles. The maximum Gasteiger partial charge on any atom is 0.263 e. The molecule has 0 aliphatic carbocycles. The highest BCUT2D eigenvalue weighted by atomic mass is 79.9. The van der Waals surface area contributed by atoms with Crippen molar-refractivity contribution in [2.24, 2.45) is 0 Å². The lowest BCUT2D eigenvalue weighted by Crippen LogP contribution is -2.37. The van der Waals surface area contributed by atoms with Gasteiger partial charge in [0.2, 0.25) is 0 Å². The highest BCUT2D eigenvalue weighted by molar-refractivity contribution is 9.10. The summed E-state index contributed by atoms with van der Waals surface area (Å²) in [6.45, 7) is 2.19. The first kappa shape index (κ1) is 15.9.